The highest BCUT2D eigenvalue weighted by molar-refractivity contribution is 5.50. The Kier molecular flexibility index (Phi) is 3.73. The number of ether oxygens (including phenoxy) is 1. The summed E-state index contributed by atoms with van der Waals surface area (Å²) in [5, 5.41) is 2.64. The second kappa shape index (κ2) is 5.07. The largest absolute Gasteiger partial charge is 0.496 e. The van der Waals surface area contributed by atoms with Gasteiger partial charge in [0.1, 0.15) is 5.75 Å². The Balaban J connectivity index is 3.01. The first-order chi connectivity index (χ1) is 6.83. The van der Waals surface area contributed by atoms with E-state index in [0.717, 1.165) is 11.3 Å². The number of hydrogen-bond acceptors (Lipinski definition) is 2. The minimum absolute atomic E-state index is 0.205. The minimum atomic E-state index is -0.205. The van der Waals surface area contributed by atoms with Crippen molar-refractivity contribution in [1.29, 1.82) is 0 Å². The summed E-state index contributed by atoms with van der Waals surface area (Å²) in [7, 11) is 1.60. The number of nitrogens with one attached hydrogen (secondary N) is 1. The monoisotopic (exact) mass is 191 g/mol. The molecular weight excluding hydrogens is 178 g/mol. The van der Waals surface area contributed by atoms with E-state index < -0.39 is 0 Å². The lowest BCUT2D eigenvalue weighted by molar-refractivity contribution is -0.109. The maximum atomic E-state index is 10.3. The molecule has 3 nitrogen and oxygen atoms in total. The molecule has 0 saturated heterocycles. The van der Waals surface area contributed by atoms with E-state index >= 15 is 0 Å². The molecule has 0 bridgehead atoms. The first-order valence-electron chi connectivity index (χ1n) is 4.28. The second-order valence-corrected chi connectivity index (χ2v) is 2.74. The zero-order valence-corrected chi connectivity index (χ0v) is 8.07. The van der Waals surface area contributed by atoms with E-state index in [1.807, 2.05) is 24.3 Å². The molecule has 1 aromatic rings. The first kappa shape index (κ1) is 10.3. The van der Waals surface area contributed by atoms with E-state index in [4.69, 9.17) is 4.74 Å². The number of carbonyl (C=O) groups excluding carboxylic acids is 1. The lowest BCUT2D eigenvalue weighted by Gasteiger charge is -2.14. The van der Waals surface area contributed by atoms with Crippen molar-refractivity contribution >= 4 is 6.41 Å². The fraction of sp³-hybridized carbons (Fsp3) is 0.182. The number of rotatable bonds is 5. The Morgan fingerprint density at radius 1 is 1.50 bits per heavy atom. The van der Waals surface area contributed by atoms with E-state index in [1.54, 1.807) is 13.2 Å². The van der Waals surface area contributed by atoms with Crippen molar-refractivity contribution in [2.45, 2.75) is 6.04 Å². The van der Waals surface area contributed by atoms with Crippen molar-refractivity contribution in [3.05, 3.63) is 42.5 Å². The Morgan fingerprint density at radius 3 is 2.79 bits per heavy atom. The number of carbonyl (C=O) groups is 1. The van der Waals surface area contributed by atoms with Crippen LogP contribution in [0.3, 0.4) is 0 Å². The third-order valence-electron chi connectivity index (χ3n) is 1.96. The van der Waals surface area contributed by atoms with Crippen molar-refractivity contribution in [1.82, 2.24) is 5.32 Å². The molecule has 0 saturated carbocycles. The predicted molar refractivity (Wildman–Crippen MR) is 55.1 cm³/mol. The van der Waals surface area contributed by atoms with Gasteiger partial charge >= 0.3 is 0 Å². The molecule has 1 unspecified atom stereocenters. The molecule has 1 aromatic carbocycles. The number of hydrogen-bond donors (Lipinski definition) is 1. The SMILES string of the molecule is C=CC(NC=O)c1ccccc1OC. The van der Waals surface area contributed by atoms with Crippen LogP contribution in [0, 0.1) is 0 Å². The Hall–Kier alpha value is -1.77. The van der Waals surface area contributed by atoms with Gasteiger partial charge in [0, 0.05) is 5.56 Å². The van der Waals surface area contributed by atoms with Crippen LogP contribution in [-0.2, 0) is 4.79 Å². The standard InChI is InChI=1S/C11H13NO2/c1-3-10(12-8-13)9-6-4-5-7-11(9)14-2/h3-8,10H,1H2,2H3,(H,12,13). The molecule has 1 amide bonds. The first-order valence-corrected chi connectivity index (χ1v) is 4.28. The summed E-state index contributed by atoms with van der Waals surface area (Å²) in [6.07, 6.45) is 2.31. The van der Waals surface area contributed by atoms with Gasteiger partial charge in [-0.25, -0.2) is 0 Å². The molecular formula is C11H13NO2. The summed E-state index contributed by atoms with van der Waals surface area (Å²) in [6, 6.07) is 7.30. The molecule has 0 heterocycles. The molecule has 0 aliphatic rings. The third kappa shape index (κ3) is 2.13. The van der Waals surface area contributed by atoms with E-state index in [2.05, 4.69) is 11.9 Å². The van der Waals surface area contributed by atoms with Gasteiger partial charge in [-0.05, 0) is 6.07 Å². The van der Waals surface area contributed by atoms with Gasteiger partial charge < -0.3 is 10.1 Å². The zero-order chi connectivity index (χ0) is 10.4. The Morgan fingerprint density at radius 2 is 2.21 bits per heavy atom. The Bertz CT molecular complexity index is 323. The highest BCUT2D eigenvalue weighted by Crippen LogP contribution is 2.24. The molecule has 1 rings (SSSR count). The number of benzene rings is 1. The van der Waals surface area contributed by atoms with Crippen LogP contribution < -0.4 is 10.1 Å². The van der Waals surface area contributed by atoms with Crippen LogP contribution in [0.1, 0.15) is 11.6 Å². The highest BCUT2D eigenvalue weighted by Gasteiger charge is 2.10. The number of methoxy groups -OCH3 is 1. The van der Waals surface area contributed by atoms with Crippen LogP contribution in [0.4, 0.5) is 0 Å². The molecule has 74 valence electrons. The van der Waals surface area contributed by atoms with Gasteiger partial charge in [0.2, 0.25) is 6.41 Å². The Labute approximate surface area is 83.4 Å². The molecule has 0 aromatic heterocycles. The molecule has 0 radical (unpaired) electrons. The van der Waals surface area contributed by atoms with Crippen molar-refractivity contribution in [2.24, 2.45) is 0 Å². The van der Waals surface area contributed by atoms with Crippen molar-refractivity contribution in [3.8, 4) is 5.75 Å². The summed E-state index contributed by atoms with van der Waals surface area (Å²) < 4.78 is 5.17. The molecule has 0 aliphatic carbocycles. The van der Waals surface area contributed by atoms with Gasteiger partial charge in [-0.3, -0.25) is 4.79 Å². The molecule has 14 heavy (non-hydrogen) atoms. The molecule has 0 spiro atoms. The fourth-order valence-electron chi connectivity index (χ4n) is 1.28. The highest BCUT2D eigenvalue weighted by atomic mass is 16.5. The van der Waals surface area contributed by atoms with Crippen molar-refractivity contribution in [3.63, 3.8) is 0 Å². The summed E-state index contributed by atoms with van der Waals surface area (Å²) in [6.45, 7) is 3.65. The van der Waals surface area contributed by atoms with Crippen LogP contribution >= 0.6 is 0 Å². The lowest BCUT2D eigenvalue weighted by atomic mass is 10.1. The summed E-state index contributed by atoms with van der Waals surface area (Å²) >= 11 is 0. The van der Waals surface area contributed by atoms with Crippen LogP contribution in [-0.4, -0.2) is 13.5 Å². The fourth-order valence-corrected chi connectivity index (χ4v) is 1.28. The van der Waals surface area contributed by atoms with Gasteiger partial charge in [0.25, 0.3) is 0 Å². The summed E-state index contributed by atoms with van der Waals surface area (Å²) in [5.74, 6) is 0.742. The molecule has 0 aliphatic heterocycles. The molecule has 1 atom stereocenters. The molecule has 0 fully saturated rings. The summed E-state index contributed by atoms with van der Waals surface area (Å²) in [5.41, 5.74) is 0.900. The third-order valence-corrected chi connectivity index (χ3v) is 1.96. The minimum Gasteiger partial charge on any atom is -0.496 e. The number of para-hydroxylation sites is 1. The predicted octanol–water partition coefficient (Wildman–Crippen LogP) is 1.67. The van der Waals surface area contributed by atoms with E-state index in [1.165, 1.54) is 0 Å². The molecule has 1 N–H and O–H groups in total. The summed E-state index contributed by atoms with van der Waals surface area (Å²) in [4.78, 5) is 10.3. The van der Waals surface area contributed by atoms with E-state index in [9.17, 15) is 4.79 Å². The average Bonchev–Trinajstić information content (AvgIpc) is 2.26. The quantitative estimate of drug-likeness (QED) is 0.568. The van der Waals surface area contributed by atoms with Gasteiger partial charge in [-0.1, -0.05) is 24.3 Å². The van der Waals surface area contributed by atoms with Gasteiger partial charge in [0.15, 0.2) is 0 Å². The zero-order valence-electron chi connectivity index (χ0n) is 8.07. The maximum absolute atomic E-state index is 10.3. The second-order valence-electron chi connectivity index (χ2n) is 2.74. The number of amides is 1. The van der Waals surface area contributed by atoms with Crippen LogP contribution in [0.25, 0.3) is 0 Å². The maximum Gasteiger partial charge on any atom is 0.207 e. The van der Waals surface area contributed by atoms with E-state index in [-0.39, 0.29) is 6.04 Å². The van der Waals surface area contributed by atoms with Crippen molar-refractivity contribution in [2.75, 3.05) is 7.11 Å². The topological polar surface area (TPSA) is 38.3 Å². The smallest absolute Gasteiger partial charge is 0.207 e. The van der Waals surface area contributed by atoms with Crippen LogP contribution in [0.2, 0.25) is 0 Å². The average molecular weight is 191 g/mol. The van der Waals surface area contributed by atoms with Crippen molar-refractivity contribution < 1.29 is 9.53 Å². The van der Waals surface area contributed by atoms with Crippen LogP contribution in [0.15, 0.2) is 36.9 Å². The van der Waals surface area contributed by atoms with E-state index in [0.29, 0.717) is 6.41 Å². The normalized spacial score (nSPS) is 11.5. The molecule has 3 heteroatoms. The lowest BCUT2D eigenvalue weighted by Crippen LogP contribution is -2.17. The van der Waals surface area contributed by atoms with Gasteiger partial charge in [-0.15, -0.1) is 6.58 Å². The van der Waals surface area contributed by atoms with Gasteiger partial charge in [-0.2, -0.15) is 0 Å². The van der Waals surface area contributed by atoms with Gasteiger partial charge in [0.05, 0.1) is 13.2 Å². The van der Waals surface area contributed by atoms with Crippen LogP contribution in [0.5, 0.6) is 5.75 Å².